The second-order valence-electron chi connectivity index (χ2n) is 8.38. The first-order valence-corrected chi connectivity index (χ1v) is 11.6. The minimum Gasteiger partial charge on any atom is -0.496 e. The van der Waals surface area contributed by atoms with Crippen LogP contribution in [-0.4, -0.2) is 42.1 Å². The number of halogens is 1. The van der Waals surface area contributed by atoms with E-state index in [1.54, 1.807) is 48.5 Å². The second kappa shape index (κ2) is 9.24. The molecule has 2 aromatic carbocycles. The average Bonchev–Trinajstić information content (AvgIpc) is 3.29. The Morgan fingerprint density at radius 3 is 2.55 bits per heavy atom. The van der Waals surface area contributed by atoms with Crippen LogP contribution in [0, 0.1) is 11.8 Å². The fraction of sp³-hybridized carbons (Fsp3) is 0.375. The Labute approximate surface area is 200 Å². The Kier molecular flexibility index (Phi) is 6.56. The fourth-order valence-electron chi connectivity index (χ4n) is 5.13. The maximum atomic E-state index is 13.7. The molecule has 2 aliphatic heterocycles. The number of carbonyl (C=O) groups is 3. The molecule has 2 aromatic rings. The predicted molar refractivity (Wildman–Crippen MR) is 126 cm³/mol. The van der Waals surface area contributed by atoms with Gasteiger partial charge in [0.05, 0.1) is 24.6 Å². The first kappa shape index (κ1) is 23.4. The van der Waals surface area contributed by atoms with Gasteiger partial charge >= 0.3 is 5.97 Å². The van der Waals surface area contributed by atoms with Crippen LogP contribution in [0.5, 0.6) is 5.75 Å². The second-order valence-corrected chi connectivity index (χ2v) is 9.30. The van der Waals surface area contributed by atoms with Gasteiger partial charge in [0, 0.05) is 16.1 Å². The molecule has 4 rings (SSSR count). The van der Waals surface area contributed by atoms with Gasteiger partial charge < -0.3 is 15.6 Å². The molecule has 0 spiro atoms. The standard InChI is InChI=1S/C24H26BrN3O5/c1-33-17-10-9-14(25)13-16(17)20-18-19(24(27-20,23(31)32)11-5-6-12-26)22(30)28(21(18)29)15-7-3-2-4-8-15/h2-4,7-10,13,18-20,27H,5-6,11-12,26H2,1H3,(H,31,32). The van der Waals surface area contributed by atoms with Crippen LogP contribution in [0.3, 0.4) is 0 Å². The van der Waals surface area contributed by atoms with Crippen molar-refractivity contribution in [3.8, 4) is 5.75 Å². The lowest BCUT2D eigenvalue weighted by atomic mass is 9.76. The van der Waals surface area contributed by atoms with E-state index in [2.05, 4.69) is 21.2 Å². The summed E-state index contributed by atoms with van der Waals surface area (Å²) in [6.45, 7) is 0.412. The largest absolute Gasteiger partial charge is 0.496 e. The van der Waals surface area contributed by atoms with Crippen molar-refractivity contribution in [1.29, 1.82) is 0 Å². The highest BCUT2D eigenvalue weighted by molar-refractivity contribution is 9.10. The molecule has 8 nitrogen and oxygen atoms in total. The number of nitrogens with two attached hydrogens (primary N) is 1. The Morgan fingerprint density at radius 2 is 1.91 bits per heavy atom. The lowest BCUT2D eigenvalue weighted by Crippen LogP contribution is -2.55. The number of para-hydroxylation sites is 1. The van der Waals surface area contributed by atoms with E-state index < -0.39 is 41.2 Å². The Morgan fingerprint density at radius 1 is 1.18 bits per heavy atom. The maximum absolute atomic E-state index is 13.7. The highest BCUT2D eigenvalue weighted by Crippen LogP contribution is 2.52. The summed E-state index contributed by atoms with van der Waals surface area (Å²) < 4.78 is 6.28. The number of methoxy groups -OCH3 is 1. The Balaban J connectivity index is 1.87. The molecule has 174 valence electrons. The lowest BCUT2D eigenvalue weighted by Gasteiger charge is -2.31. The minimum absolute atomic E-state index is 0.176. The number of rotatable bonds is 8. The summed E-state index contributed by atoms with van der Waals surface area (Å²) in [5.74, 6) is -3.52. The fourth-order valence-corrected chi connectivity index (χ4v) is 5.51. The van der Waals surface area contributed by atoms with E-state index in [0.717, 1.165) is 9.37 Å². The third-order valence-corrected chi connectivity index (χ3v) is 7.10. The summed E-state index contributed by atoms with van der Waals surface area (Å²) in [5, 5.41) is 13.6. The van der Waals surface area contributed by atoms with Gasteiger partial charge in [0.2, 0.25) is 11.8 Å². The van der Waals surface area contributed by atoms with E-state index >= 15 is 0 Å². The molecule has 2 amide bonds. The third kappa shape index (κ3) is 3.84. The number of aliphatic carboxylic acids is 1. The summed E-state index contributed by atoms with van der Waals surface area (Å²) in [4.78, 5) is 41.3. The number of nitrogens with zero attached hydrogens (tertiary/aromatic N) is 1. The number of amides is 2. The molecule has 0 radical (unpaired) electrons. The monoisotopic (exact) mass is 515 g/mol. The van der Waals surface area contributed by atoms with Gasteiger partial charge in [-0.2, -0.15) is 0 Å². The topological polar surface area (TPSA) is 122 Å². The normalized spacial score (nSPS) is 26.5. The number of carbonyl (C=O) groups excluding carboxylic acids is 2. The molecule has 0 saturated carbocycles. The molecule has 2 aliphatic rings. The summed E-state index contributed by atoms with van der Waals surface area (Å²) in [7, 11) is 1.52. The first-order chi connectivity index (χ1) is 15.9. The first-order valence-electron chi connectivity index (χ1n) is 10.8. The number of anilines is 1. The highest BCUT2D eigenvalue weighted by Gasteiger charge is 2.68. The molecule has 2 heterocycles. The molecular formula is C24H26BrN3O5. The molecule has 9 heteroatoms. The number of benzene rings is 2. The third-order valence-electron chi connectivity index (χ3n) is 6.60. The van der Waals surface area contributed by atoms with Crippen molar-refractivity contribution in [3.05, 3.63) is 58.6 Å². The van der Waals surface area contributed by atoms with Crippen molar-refractivity contribution in [2.45, 2.75) is 30.8 Å². The van der Waals surface area contributed by atoms with E-state index in [1.165, 1.54) is 7.11 Å². The van der Waals surface area contributed by atoms with Gasteiger partial charge in [-0.3, -0.25) is 19.7 Å². The number of unbranched alkanes of at least 4 members (excludes halogenated alkanes) is 1. The smallest absolute Gasteiger partial charge is 0.324 e. The lowest BCUT2D eigenvalue weighted by molar-refractivity contribution is -0.149. The number of hydrogen-bond donors (Lipinski definition) is 3. The van der Waals surface area contributed by atoms with Gasteiger partial charge in [-0.1, -0.05) is 34.1 Å². The van der Waals surface area contributed by atoms with E-state index in [0.29, 0.717) is 36.4 Å². The van der Waals surface area contributed by atoms with Crippen LogP contribution in [0.4, 0.5) is 5.69 Å². The summed E-state index contributed by atoms with van der Waals surface area (Å²) in [6, 6.07) is 13.3. The van der Waals surface area contributed by atoms with Gasteiger partial charge in [0.1, 0.15) is 11.3 Å². The van der Waals surface area contributed by atoms with Crippen LogP contribution in [0.1, 0.15) is 30.9 Å². The number of imide groups is 1. The van der Waals surface area contributed by atoms with Crippen molar-refractivity contribution >= 4 is 39.4 Å². The van der Waals surface area contributed by atoms with Crippen LogP contribution in [0.2, 0.25) is 0 Å². The quantitative estimate of drug-likeness (QED) is 0.364. The molecule has 0 bridgehead atoms. The van der Waals surface area contributed by atoms with Crippen molar-refractivity contribution in [3.63, 3.8) is 0 Å². The van der Waals surface area contributed by atoms with Crippen molar-refractivity contribution in [1.82, 2.24) is 5.32 Å². The van der Waals surface area contributed by atoms with Gasteiger partial charge in [-0.15, -0.1) is 0 Å². The highest BCUT2D eigenvalue weighted by atomic mass is 79.9. The number of fused-ring (bicyclic) bond motifs is 1. The van der Waals surface area contributed by atoms with Gasteiger partial charge in [0.25, 0.3) is 0 Å². The molecule has 0 aromatic heterocycles. The molecule has 2 saturated heterocycles. The Bertz CT molecular complexity index is 1080. The number of carboxylic acid groups (broad SMARTS) is 1. The van der Waals surface area contributed by atoms with Crippen LogP contribution in [0.15, 0.2) is 53.0 Å². The van der Waals surface area contributed by atoms with Crippen LogP contribution >= 0.6 is 15.9 Å². The maximum Gasteiger partial charge on any atom is 0.324 e. The number of hydrogen-bond acceptors (Lipinski definition) is 6. The van der Waals surface area contributed by atoms with Crippen LogP contribution in [-0.2, 0) is 14.4 Å². The van der Waals surface area contributed by atoms with Crippen molar-refractivity contribution < 1.29 is 24.2 Å². The molecular weight excluding hydrogens is 490 g/mol. The van der Waals surface area contributed by atoms with E-state index in [4.69, 9.17) is 10.5 Å². The molecule has 33 heavy (non-hydrogen) atoms. The van der Waals surface area contributed by atoms with Crippen molar-refractivity contribution in [2.24, 2.45) is 17.6 Å². The minimum atomic E-state index is -1.60. The SMILES string of the molecule is COc1ccc(Br)cc1C1NC(CCCCN)(C(=O)O)C2C(=O)N(c3ccccc3)C(=O)C12. The molecule has 4 N–H and O–H groups in total. The van der Waals surface area contributed by atoms with Gasteiger partial charge in [0.15, 0.2) is 0 Å². The van der Waals surface area contributed by atoms with Crippen LogP contribution < -0.4 is 20.7 Å². The number of ether oxygens (including phenoxy) is 1. The van der Waals surface area contributed by atoms with E-state index in [1.807, 2.05) is 0 Å². The predicted octanol–water partition coefficient (Wildman–Crippen LogP) is 2.86. The zero-order chi connectivity index (χ0) is 23.8. The molecule has 0 aliphatic carbocycles. The van der Waals surface area contributed by atoms with E-state index in [9.17, 15) is 19.5 Å². The molecule has 4 atom stereocenters. The van der Waals surface area contributed by atoms with Gasteiger partial charge in [-0.25, -0.2) is 4.90 Å². The zero-order valence-corrected chi connectivity index (χ0v) is 19.7. The number of carboxylic acids is 1. The summed E-state index contributed by atoms with van der Waals surface area (Å²) in [6.07, 6.45) is 1.30. The van der Waals surface area contributed by atoms with Crippen LogP contribution in [0.25, 0.3) is 0 Å². The molecule has 2 fully saturated rings. The van der Waals surface area contributed by atoms with Crippen molar-refractivity contribution in [2.75, 3.05) is 18.6 Å². The summed E-state index contributed by atoms with van der Waals surface area (Å²) in [5.41, 5.74) is 5.10. The summed E-state index contributed by atoms with van der Waals surface area (Å²) >= 11 is 3.45. The Hall–Kier alpha value is -2.75. The van der Waals surface area contributed by atoms with E-state index in [-0.39, 0.29) is 6.42 Å². The zero-order valence-electron chi connectivity index (χ0n) is 18.2. The average molecular weight is 516 g/mol. The number of nitrogens with one attached hydrogen (secondary N) is 1. The molecule has 4 unspecified atom stereocenters. The van der Waals surface area contributed by atoms with Gasteiger partial charge in [-0.05, 0) is 56.1 Å².